The van der Waals surface area contributed by atoms with Crippen molar-refractivity contribution >= 4 is 40.5 Å². The van der Waals surface area contributed by atoms with Crippen LogP contribution in [0.25, 0.3) is 11.3 Å². The highest BCUT2D eigenvalue weighted by atomic mass is 32.1. The Morgan fingerprint density at radius 3 is 2.56 bits per heavy atom. The number of aromatic nitrogens is 2. The van der Waals surface area contributed by atoms with E-state index in [0.717, 1.165) is 37.8 Å². The molecule has 45 heavy (non-hydrogen) atoms. The van der Waals surface area contributed by atoms with Gasteiger partial charge in [0.2, 0.25) is 5.91 Å². The van der Waals surface area contributed by atoms with Crippen molar-refractivity contribution < 1.29 is 18.7 Å². The fourth-order valence-electron chi connectivity index (χ4n) is 5.83. The van der Waals surface area contributed by atoms with Crippen LogP contribution in [0.5, 0.6) is 5.06 Å². The number of aryl methyl sites for hydroxylation is 4. The average molecular weight is 631 g/mol. The molecule has 2 aromatic carbocycles. The van der Waals surface area contributed by atoms with Crippen molar-refractivity contribution in [3.8, 4) is 16.3 Å². The van der Waals surface area contributed by atoms with Gasteiger partial charge in [0.25, 0.3) is 5.56 Å². The van der Waals surface area contributed by atoms with Crippen molar-refractivity contribution in [2.45, 2.75) is 38.6 Å². The molecule has 4 aromatic rings. The molecule has 0 bridgehead atoms. The van der Waals surface area contributed by atoms with Gasteiger partial charge in [-0.2, -0.15) is 0 Å². The summed E-state index contributed by atoms with van der Waals surface area (Å²) in [5, 5.41) is 6.08. The number of hydrogen-bond donors (Lipinski definition) is 2. The van der Waals surface area contributed by atoms with Crippen LogP contribution in [0.2, 0.25) is 0 Å². The number of likely N-dealkylation sites (N-methyl/N-ethyl adjacent to an activating group) is 2. The number of carbonyl (C=O) groups is 2. The first kappa shape index (κ1) is 30.5. The number of amides is 2. The van der Waals surface area contributed by atoms with Crippen LogP contribution in [-0.4, -0.2) is 58.5 Å². The molecule has 10 nitrogen and oxygen atoms in total. The number of thiophene rings is 1. The minimum Gasteiger partial charge on any atom is -0.399 e. The first-order valence-electron chi connectivity index (χ1n) is 14.9. The zero-order valence-corrected chi connectivity index (χ0v) is 26.5. The molecule has 1 aliphatic carbocycles. The minimum atomic E-state index is -0.781. The molecule has 1 atom stereocenters. The number of rotatable bonds is 6. The molecule has 0 radical (unpaired) electrons. The number of nitrogens with one attached hydrogen (secondary N) is 2. The van der Waals surface area contributed by atoms with Crippen LogP contribution in [0.15, 0.2) is 53.5 Å². The first-order chi connectivity index (χ1) is 21.6. The van der Waals surface area contributed by atoms with Gasteiger partial charge < -0.3 is 19.5 Å². The number of nitrogens with zero attached hydrogens (tertiary/aromatic N) is 4. The summed E-state index contributed by atoms with van der Waals surface area (Å²) in [6.45, 7) is 3.22. The summed E-state index contributed by atoms with van der Waals surface area (Å²) < 4.78 is 22.7. The number of halogens is 1. The van der Waals surface area contributed by atoms with Gasteiger partial charge in [-0.3, -0.25) is 19.8 Å². The highest BCUT2D eigenvalue weighted by molar-refractivity contribution is 7.14. The van der Waals surface area contributed by atoms with E-state index in [2.05, 4.69) is 15.6 Å². The van der Waals surface area contributed by atoms with Crippen LogP contribution < -0.4 is 20.9 Å². The van der Waals surface area contributed by atoms with Gasteiger partial charge in [-0.15, -0.1) is 11.3 Å². The Bertz CT molecular complexity index is 1810. The van der Waals surface area contributed by atoms with E-state index in [4.69, 9.17) is 4.74 Å². The van der Waals surface area contributed by atoms with Gasteiger partial charge in [-0.05, 0) is 86.7 Å². The van der Waals surface area contributed by atoms with Gasteiger partial charge in [0.15, 0.2) is 16.7 Å². The van der Waals surface area contributed by atoms with Crippen molar-refractivity contribution in [1.82, 2.24) is 19.4 Å². The third-order valence-electron chi connectivity index (χ3n) is 8.30. The fourth-order valence-corrected chi connectivity index (χ4v) is 6.93. The highest BCUT2D eigenvalue weighted by Gasteiger charge is 2.32. The third-order valence-corrected chi connectivity index (χ3v) is 9.41. The topological polar surface area (TPSA) is 109 Å². The molecule has 1 aliphatic heterocycles. The Morgan fingerprint density at radius 2 is 1.80 bits per heavy atom. The van der Waals surface area contributed by atoms with Crippen molar-refractivity contribution in [1.29, 1.82) is 0 Å². The van der Waals surface area contributed by atoms with Crippen molar-refractivity contribution in [2.24, 2.45) is 7.05 Å². The third kappa shape index (κ3) is 6.34. The second kappa shape index (κ2) is 12.4. The highest BCUT2D eigenvalue weighted by Crippen LogP contribution is 2.35. The summed E-state index contributed by atoms with van der Waals surface area (Å²) in [7, 11) is 5.28. The molecule has 1 fully saturated rings. The van der Waals surface area contributed by atoms with E-state index < -0.39 is 17.5 Å². The lowest BCUT2D eigenvalue weighted by Gasteiger charge is -2.37. The summed E-state index contributed by atoms with van der Waals surface area (Å²) in [5.41, 5.74) is 3.19. The average Bonchev–Trinajstić information content (AvgIpc) is 3.42. The van der Waals surface area contributed by atoms with E-state index in [1.807, 2.05) is 30.1 Å². The van der Waals surface area contributed by atoms with Crippen LogP contribution in [-0.2, 0) is 24.7 Å². The van der Waals surface area contributed by atoms with Gasteiger partial charge in [-0.25, -0.2) is 14.2 Å². The normalized spacial score (nSPS) is 16.8. The maximum atomic E-state index is 15.9. The van der Waals surface area contributed by atoms with Crippen LogP contribution in [0.3, 0.4) is 0 Å². The Hall–Kier alpha value is -4.55. The number of ether oxygens (including phenoxy) is 1. The van der Waals surface area contributed by atoms with Gasteiger partial charge in [0.05, 0.1) is 11.4 Å². The van der Waals surface area contributed by atoms with Crippen molar-refractivity contribution in [2.75, 3.05) is 37.8 Å². The standard InChI is InChI=1S/C33H35FN6O4S/c1-19-15-23(28(34)24(16-19)37-33(43)44-27-17-21-7-5-6-8-26(21)45-27)25-18-40(4)32(42)30(36-25)35-22-11-9-20(10-12-22)29-31(41)39(3)14-13-38(29)2/h9-12,15-18,29H,5-8,13-14H2,1-4H3,(H,35,36)(H,37,43). The van der Waals surface area contributed by atoms with E-state index in [0.29, 0.717) is 22.9 Å². The molecule has 0 saturated carbocycles. The molecule has 2 N–H and O–H groups in total. The number of carbonyl (C=O) groups excluding carboxylic acids is 2. The van der Waals surface area contributed by atoms with E-state index in [1.165, 1.54) is 38.6 Å². The quantitative estimate of drug-likeness (QED) is 0.284. The molecule has 6 rings (SSSR count). The van der Waals surface area contributed by atoms with E-state index in [-0.39, 0.29) is 34.7 Å². The molecule has 234 valence electrons. The van der Waals surface area contributed by atoms with Gasteiger partial charge in [0.1, 0.15) is 6.04 Å². The lowest BCUT2D eigenvalue weighted by Crippen LogP contribution is -2.48. The Balaban J connectivity index is 1.23. The predicted molar refractivity (Wildman–Crippen MR) is 173 cm³/mol. The summed E-state index contributed by atoms with van der Waals surface area (Å²) in [4.78, 5) is 48.0. The lowest BCUT2D eigenvalue weighted by molar-refractivity contribution is -0.139. The lowest BCUT2D eigenvalue weighted by atomic mass is 10.00. The number of fused-ring (bicyclic) bond motifs is 1. The molecule has 2 amide bonds. The predicted octanol–water partition coefficient (Wildman–Crippen LogP) is 5.63. The van der Waals surface area contributed by atoms with Crippen molar-refractivity contribution in [3.63, 3.8) is 0 Å². The molecular weight excluding hydrogens is 595 g/mol. The summed E-state index contributed by atoms with van der Waals surface area (Å²) in [6, 6.07) is 11.9. The molecule has 3 heterocycles. The smallest absolute Gasteiger partial charge is 0.399 e. The van der Waals surface area contributed by atoms with Crippen LogP contribution >= 0.6 is 11.3 Å². The van der Waals surface area contributed by atoms with Gasteiger partial charge >= 0.3 is 6.09 Å². The molecule has 12 heteroatoms. The fraction of sp³-hybridized carbons (Fsp3) is 0.333. The number of piperazine rings is 1. The maximum absolute atomic E-state index is 15.9. The Morgan fingerprint density at radius 1 is 1.04 bits per heavy atom. The van der Waals surface area contributed by atoms with Crippen LogP contribution in [0.1, 0.15) is 40.5 Å². The molecule has 0 spiro atoms. The zero-order chi connectivity index (χ0) is 31.8. The Labute approximate surface area is 264 Å². The summed E-state index contributed by atoms with van der Waals surface area (Å²) in [5.74, 6) is -0.666. The maximum Gasteiger partial charge on any atom is 0.417 e. The van der Waals surface area contributed by atoms with E-state index >= 15 is 4.39 Å². The van der Waals surface area contributed by atoms with Crippen molar-refractivity contribution in [3.05, 3.63) is 86.4 Å². The summed E-state index contributed by atoms with van der Waals surface area (Å²) in [6.07, 6.45) is 4.86. The molecule has 2 aliphatic rings. The molecule has 2 aromatic heterocycles. The van der Waals surface area contributed by atoms with Gasteiger partial charge in [-0.1, -0.05) is 12.1 Å². The van der Waals surface area contributed by atoms with Gasteiger partial charge in [0, 0.05) is 49.5 Å². The monoisotopic (exact) mass is 630 g/mol. The molecular formula is C33H35FN6O4S. The first-order valence-corrected chi connectivity index (χ1v) is 15.7. The molecule has 1 saturated heterocycles. The number of benzene rings is 2. The van der Waals surface area contributed by atoms with Crippen LogP contribution in [0, 0.1) is 12.7 Å². The van der Waals surface area contributed by atoms with E-state index in [1.54, 1.807) is 44.1 Å². The molecule has 1 unspecified atom stereocenters. The number of hydrogen-bond acceptors (Lipinski definition) is 8. The SMILES string of the molecule is Cc1cc(NC(=O)Oc2cc3c(s2)CCCC3)c(F)c(-c2cn(C)c(=O)c(Nc3ccc(C4C(=O)N(C)CCN4C)cc3)n2)c1. The van der Waals surface area contributed by atoms with Crippen LogP contribution in [0.4, 0.5) is 26.4 Å². The number of anilines is 3. The second-order valence-corrected chi connectivity index (χ2v) is 12.8. The Kier molecular flexibility index (Phi) is 8.43. The van der Waals surface area contributed by atoms with E-state index in [9.17, 15) is 14.4 Å². The largest absolute Gasteiger partial charge is 0.417 e. The second-order valence-electron chi connectivity index (χ2n) is 11.7. The summed E-state index contributed by atoms with van der Waals surface area (Å²) >= 11 is 1.45. The zero-order valence-electron chi connectivity index (χ0n) is 25.6. The minimum absolute atomic E-state index is 0.00447.